The van der Waals surface area contributed by atoms with Crippen molar-refractivity contribution in [2.75, 3.05) is 20.3 Å². The average Bonchev–Trinajstić information content (AvgIpc) is 2.17. The fourth-order valence-electron chi connectivity index (χ4n) is 1.89. The average molecular weight is 188 g/mol. The molecule has 1 unspecified atom stereocenters. The monoisotopic (exact) mass is 188 g/mol. The molecular weight excluding hydrogens is 172 g/mol. The molecule has 5 heteroatoms. The Morgan fingerprint density at radius 2 is 2.08 bits per heavy atom. The molecular formula is C8H16N2O3. The molecule has 76 valence electrons. The van der Waals surface area contributed by atoms with Gasteiger partial charge in [0.05, 0.1) is 19.3 Å². The Hall–Kier alpha value is -0.520. The van der Waals surface area contributed by atoms with E-state index < -0.39 is 0 Å². The van der Waals surface area contributed by atoms with Crippen LogP contribution in [0.2, 0.25) is 0 Å². The lowest BCUT2D eigenvalue weighted by molar-refractivity contribution is 0.0274. The van der Waals surface area contributed by atoms with Gasteiger partial charge in [-0.3, -0.25) is 4.90 Å². The van der Waals surface area contributed by atoms with Crippen LogP contribution in [0.15, 0.2) is 5.18 Å². The third kappa shape index (κ3) is 2.04. The summed E-state index contributed by atoms with van der Waals surface area (Å²) in [5, 5.41) is 21.0. The van der Waals surface area contributed by atoms with E-state index in [1.54, 1.807) is 7.05 Å². The number of aliphatic hydroxyl groups is 2. The van der Waals surface area contributed by atoms with E-state index in [2.05, 4.69) is 5.18 Å². The Bertz CT molecular complexity index is 177. The van der Waals surface area contributed by atoms with Gasteiger partial charge in [0, 0.05) is 6.04 Å². The highest BCUT2D eigenvalue weighted by molar-refractivity contribution is 4.91. The molecule has 0 aromatic rings. The number of nitroso groups, excluding NO2 is 1. The van der Waals surface area contributed by atoms with Gasteiger partial charge < -0.3 is 10.2 Å². The molecule has 0 spiro atoms. The van der Waals surface area contributed by atoms with Crippen LogP contribution >= 0.6 is 0 Å². The zero-order valence-electron chi connectivity index (χ0n) is 7.76. The molecule has 1 heterocycles. The van der Waals surface area contributed by atoms with Crippen molar-refractivity contribution >= 4 is 0 Å². The fourth-order valence-corrected chi connectivity index (χ4v) is 1.89. The van der Waals surface area contributed by atoms with E-state index in [1.165, 1.54) is 0 Å². The lowest BCUT2D eigenvalue weighted by atomic mass is 9.93. The first-order valence-electron chi connectivity index (χ1n) is 4.50. The van der Waals surface area contributed by atoms with E-state index in [4.69, 9.17) is 10.2 Å². The van der Waals surface area contributed by atoms with Crippen molar-refractivity contribution in [3.8, 4) is 0 Å². The van der Waals surface area contributed by atoms with E-state index in [-0.39, 0.29) is 31.3 Å². The third-order valence-corrected chi connectivity index (χ3v) is 2.87. The summed E-state index contributed by atoms with van der Waals surface area (Å²) in [5.41, 5.74) is 0. The first-order valence-corrected chi connectivity index (χ1v) is 4.50. The maximum absolute atomic E-state index is 10.4. The van der Waals surface area contributed by atoms with Gasteiger partial charge in [0.15, 0.2) is 0 Å². The van der Waals surface area contributed by atoms with Gasteiger partial charge in [-0.15, -0.1) is 0 Å². The molecule has 1 rings (SSSR count). The number of rotatable bonds is 3. The summed E-state index contributed by atoms with van der Waals surface area (Å²) in [6.45, 7) is -0.0119. The number of piperidine rings is 1. The molecule has 0 aromatic heterocycles. The molecule has 13 heavy (non-hydrogen) atoms. The maximum atomic E-state index is 10.4. The second-order valence-electron chi connectivity index (χ2n) is 3.50. The predicted octanol–water partition coefficient (Wildman–Crippen LogP) is -0.431. The number of hydrogen-bond donors (Lipinski definition) is 2. The Kier molecular flexibility index (Phi) is 3.77. The van der Waals surface area contributed by atoms with Crippen LogP contribution in [-0.4, -0.2) is 53.5 Å². The van der Waals surface area contributed by atoms with E-state index in [1.807, 2.05) is 4.90 Å². The van der Waals surface area contributed by atoms with E-state index >= 15 is 0 Å². The first-order chi connectivity index (χ1) is 6.24. The quantitative estimate of drug-likeness (QED) is 0.589. The van der Waals surface area contributed by atoms with Gasteiger partial charge in [-0.1, -0.05) is 5.18 Å². The van der Waals surface area contributed by atoms with Crippen LogP contribution in [0.3, 0.4) is 0 Å². The van der Waals surface area contributed by atoms with Gasteiger partial charge in [-0.05, 0) is 19.9 Å². The second-order valence-corrected chi connectivity index (χ2v) is 3.50. The molecule has 5 nitrogen and oxygen atoms in total. The smallest absolute Gasteiger partial charge is 0.110 e. The van der Waals surface area contributed by atoms with Gasteiger partial charge in [0.1, 0.15) is 6.04 Å². The zero-order chi connectivity index (χ0) is 9.84. The molecule has 0 radical (unpaired) electrons. The summed E-state index contributed by atoms with van der Waals surface area (Å²) in [5.74, 6) is 0. The van der Waals surface area contributed by atoms with Crippen molar-refractivity contribution < 1.29 is 10.2 Å². The van der Waals surface area contributed by atoms with Gasteiger partial charge >= 0.3 is 0 Å². The minimum Gasteiger partial charge on any atom is -0.395 e. The number of aliphatic hydroxyl groups excluding tert-OH is 2. The third-order valence-electron chi connectivity index (χ3n) is 2.87. The van der Waals surface area contributed by atoms with Crippen LogP contribution in [0.4, 0.5) is 0 Å². The molecule has 0 aromatic carbocycles. The SMILES string of the molecule is CN1C(CO)[C@@H](N=O)CC[C@H]1CO. The Morgan fingerprint density at radius 3 is 2.54 bits per heavy atom. The second kappa shape index (κ2) is 4.64. The lowest BCUT2D eigenvalue weighted by Crippen LogP contribution is -2.53. The van der Waals surface area contributed by atoms with Crippen molar-refractivity contribution in [3.05, 3.63) is 4.91 Å². The molecule has 2 N–H and O–H groups in total. The molecule has 0 saturated carbocycles. The normalized spacial score (nSPS) is 36.1. The number of likely N-dealkylation sites (N-methyl/N-ethyl adjacent to an activating group) is 1. The van der Waals surface area contributed by atoms with Crippen LogP contribution in [0.25, 0.3) is 0 Å². The van der Waals surface area contributed by atoms with Crippen LogP contribution in [0.1, 0.15) is 12.8 Å². The summed E-state index contributed by atoms with van der Waals surface area (Å²) in [4.78, 5) is 12.3. The highest BCUT2D eigenvalue weighted by atomic mass is 16.3. The topological polar surface area (TPSA) is 73.1 Å². The lowest BCUT2D eigenvalue weighted by Gasteiger charge is -2.40. The molecule has 0 aliphatic carbocycles. The summed E-state index contributed by atoms with van der Waals surface area (Å²) >= 11 is 0. The van der Waals surface area contributed by atoms with Crippen LogP contribution in [0.5, 0.6) is 0 Å². The predicted molar refractivity (Wildman–Crippen MR) is 48.3 cm³/mol. The van der Waals surface area contributed by atoms with Crippen molar-refractivity contribution in [3.63, 3.8) is 0 Å². The van der Waals surface area contributed by atoms with Gasteiger partial charge in [-0.25, -0.2) is 0 Å². The number of hydrogen-bond acceptors (Lipinski definition) is 5. The van der Waals surface area contributed by atoms with Crippen LogP contribution < -0.4 is 0 Å². The van der Waals surface area contributed by atoms with Crippen molar-refractivity contribution in [1.29, 1.82) is 0 Å². The standard InChI is InChI=1S/C8H16N2O3/c1-10-6(4-11)2-3-7(9-13)8(10)5-12/h6-8,11-12H,2-5H2,1H3/t6-,7-,8?/m0/s1. The van der Waals surface area contributed by atoms with Crippen LogP contribution in [0, 0.1) is 4.91 Å². The molecule has 1 aliphatic rings. The molecule has 0 amide bonds. The molecule has 1 fully saturated rings. The van der Waals surface area contributed by atoms with E-state index in [9.17, 15) is 4.91 Å². The van der Waals surface area contributed by atoms with E-state index in [0.717, 1.165) is 6.42 Å². The van der Waals surface area contributed by atoms with Crippen molar-refractivity contribution in [2.24, 2.45) is 5.18 Å². The number of likely N-dealkylation sites (tertiary alicyclic amines) is 1. The first kappa shape index (κ1) is 10.6. The fraction of sp³-hybridized carbons (Fsp3) is 1.00. The van der Waals surface area contributed by atoms with Crippen molar-refractivity contribution in [2.45, 2.75) is 31.0 Å². The van der Waals surface area contributed by atoms with Gasteiger partial charge in [-0.2, -0.15) is 4.91 Å². The van der Waals surface area contributed by atoms with Gasteiger partial charge in [0.25, 0.3) is 0 Å². The van der Waals surface area contributed by atoms with E-state index in [0.29, 0.717) is 6.42 Å². The Balaban J connectivity index is 2.65. The Labute approximate surface area is 77.3 Å². The molecule has 1 saturated heterocycles. The largest absolute Gasteiger partial charge is 0.395 e. The maximum Gasteiger partial charge on any atom is 0.110 e. The Morgan fingerprint density at radius 1 is 1.38 bits per heavy atom. The number of nitrogens with zero attached hydrogens (tertiary/aromatic N) is 2. The molecule has 3 atom stereocenters. The van der Waals surface area contributed by atoms with Crippen molar-refractivity contribution in [1.82, 2.24) is 4.90 Å². The zero-order valence-corrected chi connectivity index (χ0v) is 7.76. The summed E-state index contributed by atoms with van der Waals surface area (Å²) in [6.07, 6.45) is 1.42. The summed E-state index contributed by atoms with van der Waals surface area (Å²) in [7, 11) is 1.80. The van der Waals surface area contributed by atoms with Gasteiger partial charge in [0.2, 0.25) is 0 Å². The highest BCUT2D eigenvalue weighted by Gasteiger charge is 2.34. The summed E-state index contributed by atoms with van der Waals surface area (Å²) in [6, 6.07) is -0.517. The van der Waals surface area contributed by atoms with Crippen LogP contribution in [-0.2, 0) is 0 Å². The minimum absolute atomic E-state index is 0.0511. The molecule has 1 aliphatic heterocycles. The highest BCUT2D eigenvalue weighted by Crippen LogP contribution is 2.23. The minimum atomic E-state index is -0.335. The summed E-state index contributed by atoms with van der Waals surface area (Å²) < 4.78 is 0. The molecule has 0 bridgehead atoms.